The second-order valence-corrected chi connectivity index (χ2v) is 15.8. The van der Waals surface area contributed by atoms with Crippen LogP contribution in [0.3, 0.4) is 0 Å². The number of ether oxygens (including phenoxy) is 2. The minimum Gasteiger partial charge on any atom is -0.349 e. The van der Waals surface area contributed by atoms with Gasteiger partial charge in [0.2, 0.25) is 10.0 Å². The van der Waals surface area contributed by atoms with Crippen LogP contribution < -0.4 is 4.72 Å². The molecule has 0 amide bonds. The molecule has 6 rings (SSSR count). The quantitative estimate of drug-likeness (QED) is 0.563. The molecular formula is C28H47NO4S. The lowest BCUT2D eigenvalue weighted by molar-refractivity contribution is -0.273. The van der Waals surface area contributed by atoms with Gasteiger partial charge in [-0.2, -0.15) is 0 Å². The zero-order chi connectivity index (χ0) is 24.1. The minimum absolute atomic E-state index is 0.132. The van der Waals surface area contributed by atoms with Gasteiger partial charge >= 0.3 is 0 Å². The van der Waals surface area contributed by atoms with Crippen molar-refractivity contribution in [1.29, 1.82) is 0 Å². The maximum Gasteiger partial charge on any atom is 0.208 e. The van der Waals surface area contributed by atoms with Crippen molar-refractivity contribution in [2.24, 2.45) is 52.3 Å². The van der Waals surface area contributed by atoms with Gasteiger partial charge in [-0.25, -0.2) is 13.1 Å². The van der Waals surface area contributed by atoms with Gasteiger partial charge in [-0.05, 0) is 104 Å². The van der Waals surface area contributed by atoms with E-state index in [9.17, 15) is 8.42 Å². The third-order valence-electron chi connectivity index (χ3n) is 12.3. The number of fused-ring (bicyclic) bond motifs is 7. The first kappa shape index (κ1) is 24.2. The highest BCUT2D eigenvalue weighted by Gasteiger charge is 2.69. The fourth-order valence-electron chi connectivity index (χ4n) is 10.7. The molecule has 0 aromatic carbocycles. The third-order valence-corrected chi connectivity index (χ3v) is 13.1. The second-order valence-electron chi connectivity index (χ2n) is 14.0. The smallest absolute Gasteiger partial charge is 0.208 e. The summed E-state index contributed by atoms with van der Waals surface area (Å²) in [6, 6.07) is 0.132. The number of hydrogen-bond donors (Lipinski definition) is 1. The lowest BCUT2D eigenvalue weighted by atomic mass is 9.44. The van der Waals surface area contributed by atoms with Crippen LogP contribution >= 0.6 is 0 Å². The average molecular weight is 494 g/mol. The number of sulfonamides is 1. The van der Waals surface area contributed by atoms with E-state index in [2.05, 4.69) is 32.4 Å². The van der Waals surface area contributed by atoms with Crippen LogP contribution in [0.25, 0.3) is 0 Å². The summed E-state index contributed by atoms with van der Waals surface area (Å²) < 4.78 is 40.0. The molecule has 2 aliphatic heterocycles. The van der Waals surface area contributed by atoms with Gasteiger partial charge in [-0.3, -0.25) is 0 Å². The van der Waals surface area contributed by atoms with E-state index in [4.69, 9.17) is 9.47 Å². The van der Waals surface area contributed by atoms with Crippen molar-refractivity contribution < 1.29 is 17.9 Å². The number of rotatable bonds is 2. The van der Waals surface area contributed by atoms with Crippen molar-refractivity contribution in [3.05, 3.63) is 0 Å². The van der Waals surface area contributed by atoms with E-state index in [-0.39, 0.29) is 11.8 Å². The molecule has 5 nitrogen and oxygen atoms in total. The van der Waals surface area contributed by atoms with Gasteiger partial charge < -0.3 is 9.47 Å². The van der Waals surface area contributed by atoms with E-state index in [0.29, 0.717) is 40.6 Å². The first-order valence-corrected chi connectivity index (χ1v) is 16.1. The maximum absolute atomic E-state index is 11.8. The molecule has 0 aromatic heterocycles. The van der Waals surface area contributed by atoms with Crippen LogP contribution in [0.15, 0.2) is 0 Å². The molecule has 1 unspecified atom stereocenters. The molecule has 0 aromatic rings. The van der Waals surface area contributed by atoms with Gasteiger partial charge in [0.05, 0.1) is 19.0 Å². The molecule has 6 heteroatoms. The van der Waals surface area contributed by atoms with Crippen LogP contribution in [0.1, 0.15) is 91.9 Å². The SMILES string of the molecule is C[C@@H]1CC[C@@]2(OC1)O[C@H]1C[C@H]3[C@@H]4CC[C@@H]5CC(NS(C)(=O)=O)CC[C@]5(C)[C@H]4CC[C@]3(C)[C@H]1[C@@H]2C. The first-order chi connectivity index (χ1) is 16.0. The summed E-state index contributed by atoms with van der Waals surface area (Å²) in [6.45, 7) is 10.8. The van der Waals surface area contributed by atoms with E-state index < -0.39 is 10.0 Å². The van der Waals surface area contributed by atoms with Crippen LogP contribution in [-0.4, -0.2) is 39.2 Å². The Morgan fingerprint density at radius 1 is 0.882 bits per heavy atom. The molecule has 2 saturated heterocycles. The van der Waals surface area contributed by atoms with E-state index in [0.717, 1.165) is 43.6 Å². The lowest BCUT2D eigenvalue weighted by Crippen LogP contribution is -2.56. The van der Waals surface area contributed by atoms with Crippen LogP contribution in [0.4, 0.5) is 0 Å². The summed E-state index contributed by atoms with van der Waals surface area (Å²) in [5.41, 5.74) is 0.743. The van der Waals surface area contributed by atoms with Gasteiger partial charge in [0.25, 0.3) is 0 Å². The van der Waals surface area contributed by atoms with Gasteiger partial charge in [0.1, 0.15) is 0 Å². The van der Waals surface area contributed by atoms with Crippen molar-refractivity contribution in [2.75, 3.05) is 12.9 Å². The molecule has 4 saturated carbocycles. The molecule has 1 N–H and O–H groups in total. The zero-order valence-electron chi connectivity index (χ0n) is 22.0. The van der Waals surface area contributed by atoms with Crippen molar-refractivity contribution in [1.82, 2.24) is 4.72 Å². The van der Waals surface area contributed by atoms with Gasteiger partial charge in [-0.1, -0.05) is 27.7 Å². The Hall–Kier alpha value is -0.170. The van der Waals surface area contributed by atoms with E-state index >= 15 is 0 Å². The summed E-state index contributed by atoms with van der Waals surface area (Å²) in [5, 5.41) is 0. The molecule has 0 radical (unpaired) electrons. The number of nitrogens with one attached hydrogen (secondary N) is 1. The predicted molar refractivity (Wildman–Crippen MR) is 133 cm³/mol. The van der Waals surface area contributed by atoms with Gasteiger partial charge in [0.15, 0.2) is 5.79 Å². The van der Waals surface area contributed by atoms with E-state index in [1.54, 1.807) is 0 Å². The average Bonchev–Trinajstić information content (AvgIpc) is 3.20. The minimum atomic E-state index is -3.13. The molecule has 34 heavy (non-hydrogen) atoms. The fourth-order valence-corrected chi connectivity index (χ4v) is 11.5. The van der Waals surface area contributed by atoms with Crippen LogP contribution in [0, 0.1) is 52.3 Å². The highest BCUT2D eigenvalue weighted by molar-refractivity contribution is 7.88. The predicted octanol–water partition coefficient (Wildman–Crippen LogP) is 5.35. The molecule has 4 aliphatic carbocycles. The molecule has 0 bridgehead atoms. The van der Waals surface area contributed by atoms with Crippen LogP contribution in [0.2, 0.25) is 0 Å². The standard InChI is InChI=1S/C28H47NO4S/c1-17-8-13-28(32-16-17)18(2)25-24(33-28)15-23-21-7-6-19-14-20(29-34(5,30)31)9-11-26(19,3)22(21)10-12-27(23,25)4/h17-25,29H,6-16H2,1-5H3/t17-,18+,19-,20?,21-,22+,23+,24+,25+,26+,27+,28-/m1/s1. The Morgan fingerprint density at radius 3 is 2.35 bits per heavy atom. The zero-order valence-corrected chi connectivity index (χ0v) is 22.8. The van der Waals surface area contributed by atoms with Crippen LogP contribution in [-0.2, 0) is 19.5 Å². The monoisotopic (exact) mass is 493 g/mol. The van der Waals surface area contributed by atoms with Gasteiger partial charge in [-0.15, -0.1) is 0 Å². The fraction of sp³-hybridized carbons (Fsp3) is 1.00. The molecule has 6 fully saturated rings. The van der Waals surface area contributed by atoms with Gasteiger partial charge in [0, 0.05) is 18.4 Å². The van der Waals surface area contributed by atoms with E-state index in [1.807, 2.05) is 0 Å². The van der Waals surface area contributed by atoms with Crippen molar-refractivity contribution in [3.8, 4) is 0 Å². The molecule has 194 valence electrons. The van der Waals surface area contributed by atoms with Crippen molar-refractivity contribution in [3.63, 3.8) is 0 Å². The summed E-state index contributed by atoms with van der Waals surface area (Å²) in [5.74, 6) is 4.48. The van der Waals surface area contributed by atoms with Crippen LogP contribution in [0.5, 0.6) is 0 Å². The van der Waals surface area contributed by atoms with E-state index in [1.165, 1.54) is 51.2 Å². The Balaban J connectivity index is 1.20. The summed E-state index contributed by atoms with van der Waals surface area (Å²) in [7, 11) is -3.13. The first-order valence-electron chi connectivity index (χ1n) is 14.2. The largest absolute Gasteiger partial charge is 0.349 e. The Morgan fingerprint density at radius 2 is 1.65 bits per heavy atom. The Bertz CT molecular complexity index is 913. The van der Waals surface area contributed by atoms with Crippen molar-refractivity contribution in [2.45, 2.75) is 110 Å². The Kier molecular flexibility index (Phi) is 5.63. The highest BCUT2D eigenvalue weighted by Crippen LogP contribution is 2.71. The molecule has 6 aliphatic rings. The Labute approximate surface area is 207 Å². The summed E-state index contributed by atoms with van der Waals surface area (Å²) in [4.78, 5) is 0. The molecular weight excluding hydrogens is 446 g/mol. The normalized spacial score (nSPS) is 57.0. The molecule has 2 heterocycles. The summed E-state index contributed by atoms with van der Waals surface area (Å²) >= 11 is 0. The summed E-state index contributed by atoms with van der Waals surface area (Å²) in [6.07, 6.45) is 13.7. The molecule has 12 atom stereocenters. The maximum atomic E-state index is 11.8. The lowest BCUT2D eigenvalue weighted by Gasteiger charge is -2.61. The third kappa shape index (κ3) is 3.51. The highest BCUT2D eigenvalue weighted by atomic mass is 32.2. The molecule has 1 spiro atoms. The number of hydrogen-bond acceptors (Lipinski definition) is 4. The topological polar surface area (TPSA) is 64.6 Å². The van der Waals surface area contributed by atoms with Crippen molar-refractivity contribution >= 4 is 10.0 Å². The second kappa shape index (κ2) is 7.91.